The summed E-state index contributed by atoms with van der Waals surface area (Å²) < 4.78 is 5.49. The summed E-state index contributed by atoms with van der Waals surface area (Å²) >= 11 is 0. The molecule has 0 aliphatic carbocycles. The molecule has 0 bridgehead atoms. The van der Waals surface area contributed by atoms with Crippen molar-refractivity contribution in [3.8, 4) is 11.1 Å². The highest BCUT2D eigenvalue weighted by Crippen LogP contribution is 2.27. The molecule has 2 heterocycles. The first-order chi connectivity index (χ1) is 11.7. The molecule has 126 valence electrons. The third kappa shape index (κ3) is 3.35. The summed E-state index contributed by atoms with van der Waals surface area (Å²) in [7, 11) is 0. The van der Waals surface area contributed by atoms with Gasteiger partial charge >= 0.3 is 0 Å². The van der Waals surface area contributed by atoms with Gasteiger partial charge in [-0.25, -0.2) is 0 Å². The molecule has 1 aromatic heterocycles. The topological polar surface area (TPSA) is 62.6 Å². The quantitative estimate of drug-likeness (QED) is 0.939. The summed E-state index contributed by atoms with van der Waals surface area (Å²) in [5.41, 5.74) is 1.74. The first-order valence-corrected chi connectivity index (χ1v) is 8.40. The molecule has 0 radical (unpaired) electrons. The fraction of sp³-hybridized carbons (Fsp3) is 0.368. The van der Waals surface area contributed by atoms with Gasteiger partial charge in [0.25, 0.3) is 5.91 Å². The van der Waals surface area contributed by atoms with Gasteiger partial charge in [-0.2, -0.15) is 0 Å². The second-order valence-electron chi connectivity index (χ2n) is 6.01. The lowest BCUT2D eigenvalue weighted by Crippen LogP contribution is -2.45. The minimum atomic E-state index is -0.146. The molecule has 5 nitrogen and oxygen atoms in total. The van der Waals surface area contributed by atoms with E-state index in [0.717, 1.165) is 24.0 Å². The molecule has 3 rings (SSSR count). The molecular weight excluding hydrogens is 304 g/mol. The largest absolute Gasteiger partial charge is 0.459 e. The molecular formula is C19H22N2O3. The lowest BCUT2D eigenvalue weighted by molar-refractivity contribution is -0.126. The summed E-state index contributed by atoms with van der Waals surface area (Å²) in [6, 6.07) is 11.5. The summed E-state index contributed by atoms with van der Waals surface area (Å²) in [5, 5.41) is 2.85. The number of rotatable bonds is 4. The van der Waals surface area contributed by atoms with Crippen molar-refractivity contribution in [3.05, 3.63) is 48.4 Å². The van der Waals surface area contributed by atoms with E-state index in [1.54, 1.807) is 11.2 Å². The van der Waals surface area contributed by atoms with Gasteiger partial charge in [0.15, 0.2) is 5.76 Å². The van der Waals surface area contributed by atoms with Crippen LogP contribution in [0.25, 0.3) is 11.1 Å². The zero-order chi connectivity index (χ0) is 16.9. The molecule has 1 aliphatic rings. The third-order valence-electron chi connectivity index (χ3n) is 4.37. The van der Waals surface area contributed by atoms with Gasteiger partial charge in [0.05, 0.1) is 12.2 Å². The maximum Gasteiger partial charge on any atom is 0.290 e. The Morgan fingerprint density at radius 2 is 2.04 bits per heavy atom. The van der Waals surface area contributed by atoms with E-state index < -0.39 is 0 Å². The molecule has 1 unspecified atom stereocenters. The zero-order valence-corrected chi connectivity index (χ0v) is 13.8. The van der Waals surface area contributed by atoms with Crippen LogP contribution in [0.15, 0.2) is 47.1 Å². The van der Waals surface area contributed by atoms with Crippen molar-refractivity contribution in [3.63, 3.8) is 0 Å². The van der Waals surface area contributed by atoms with E-state index in [1.807, 2.05) is 43.3 Å². The average Bonchev–Trinajstić information content (AvgIpc) is 3.12. The number of piperidine rings is 1. The first-order valence-electron chi connectivity index (χ1n) is 8.40. The van der Waals surface area contributed by atoms with Crippen LogP contribution in [0, 0.1) is 5.92 Å². The Bertz CT molecular complexity index is 708. The predicted octanol–water partition coefficient (Wildman–Crippen LogP) is 2.93. The van der Waals surface area contributed by atoms with Crippen molar-refractivity contribution in [1.82, 2.24) is 10.2 Å². The molecule has 1 fully saturated rings. The van der Waals surface area contributed by atoms with Gasteiger partial charge < -0.3 is 14.6 Å². The molecule has 1 saturated heterocycles. The lowest BCUT2D eigenvalue weighted by atomic mass is 9.96. The van der Waals surface area contributed by atoms with E-state index in [0.29, 0.717) is 25.4 Å². The Morgan fingerprint density at radius 1 is 1.25 bits per heavy atom. The van der Waals surface area contributed by atoms with Gasteiger partial charge in [0.1, 0.15) is 0 Å². The van der Waals surface area contributed by atoms with Crippen molar-refractivity contribution >= 4 is 11.8 Å². The van der Waals surface area contributed by atoms with E-state index in [2.05, 4.69) is 5.32 Å². The number of likely N-dealkylation sites (tertiary alicyclic amines) is 1. The summed E-state index contributed by atoms with van der Waals surface area (Å²) in [4.78, 5) is 26.7. The summed E-state index contributed by atoms with van der Waals surface area (Å²) in [5.74, 6) is 0.0844. The Labute approximate surface area is 141 Å². The van der Waals surface area contributed by atoms with E-state index in [1.165, 1.54) is 0 Å². The average molecular weight is 326 g/mol. The van der Waals surface area contributed by atoms with Gasteiger partial charge in [-0.1, -0.05) is 30.3 Å². The van der Waals surface area contributed by atoms with Crippen molar-refractivity contribution in [2.24, 2.45) is 5.92 Å². The zero-order valence-electron chi connectivity index (χ0n) is 13.8. The normalized spacial score (nSPS) is 17.5. The molecule has 0 spiro atoms. The number of hydrogen-bond acceptors (Lipinski definition) is 3. The number of nitrogens with one attached hydrogen (secondary N) is 1. The number of furan rings is 1. The van der Waals surface area contributed by atoms with Crippen LogP contribution < -0.4 is 5.32 Å². The molecule has 2 aromatic rings. The summed E-state index contributed by atoms with van der Waals surface area (Å²) in [6.45, 7) is 3.61. The first kappa shape index (κ1) is 16.3. The maximum atomic E-state index is 12.9. The van der Waals surface area contributed by atoms with Gasteiger partial charge in [-0.05, 0) is 31.4 Å². The number of carbonyl (C=O) groups is 2. The van der Waals surface area contributed by atoms with Gasteiger partial charge in [-0.3, -0.25) is 9.59 Å². The Kier molecular flexibility index (Phi) is 4.99. The van der Waals surface area contributed by atoms with Crippen molar-refractivity contribution in [2.75, 3.05) is 19.6 Å². The molecule has 1 aromatic carbocycles. The smallest absolute Gasteiger partial charge is 0.290 e. The monoisotopic (exact) mass is 326 g/mol. The minimum Gasteiger partial charge on any atom is -0.459 e. The SMILES string of the molecule is CCNC(=O)C1CCCN(C(=O)c2occc2-c2ccccc2)C1. The maximum absolute atomic E-state index is 12.9. The number of carbonyl (C=O) groups excluding carboxylic acids is 2. The molecule has 2 amide bonds. The molecule has 24 heavy (non-hydrogen) atoms. The Morgan fingerprint density at radius 3 is 2.79 bits per heavy atom. The highest BCUT2D eigenvalue weighted by molar-refractivity contribution is 5.98. The fourth-order valence-electron chi connectivity index (χ4n) is 3.16. The van der Waals surface area contributed by atoms with Gasteiger partial charge in [0, 0.05) is 25.2 Å². The van der Waals surface area contributed by atoms with Crippen molar-refractivity contribution in [2.45, 2.75) is 19.8 Å². The van der Waals surface area contributed by atoms with E-state index in [9.17, 15) is 9.59 Å². The van der Waals surface area contributed by atoms with Gasteiger partial charge in [-0.15, -0.1) is 0 Å². The van der Waals surface area contributed by atoms with Crippen molar-refractivity contribution in [1.29, 1.82) is 0 Å². The molecule has 1 atom stereocenters. The number of amides is 2. The van der Waals surface area contributed by atoms with Crippen LogP contribution in [0.1, 0.15) is 30.3 Å². The predicted molar refractivity (Wildman–Crippen MR) is 91.5 cm³/mol. The van der Waals surface area contributed by atoms with Gasteiger partial charge in [0.2, 0.25) is 5.91 Å². The second kappa shape index (κ2) is 7.34. The van der Waals surface area contributed by atoms with Crippen LogP contribution in [0.3, 0.4) is 0 Å². The van der Waals surface area contributed by atoms with E-state index in [4.69, 9.17) is 4.42 Å². The number of benzene rings is 1. The molecule has 1 N–H and O–H groups in total. The molecule has 0 saturated carbocycles. The Hall–Kier alpha value is -2.56. The van der Waals surface area contributed by atoms with Crippen LogP contribution in [0.4, 0.5) is 0 Å². The molecule has 1 aliphatic heterocycles. The third-order valence-corrected chi connectivity index (χ3v) is 4.37. The van der Waals surface area contributed by atoms with Crippen LogP contribution in [0.2, 0.25) is 0 Å². The second-order valence-corrected chi connectivity index (χ2v) is 6.01. The lowest BCUT2D eigenvalue weighted by Gasteiger charge is -2.31. The minimum absolute atomic E-state index is 0.0257. The molecule has 5 heteroatoms. The van der Waals surface area contributed by atoms with E-state index >= 15 is 0 Å². The highest BCUT2D eigenvalue weighted by atomic mass is 16.3. The Balaban J connectivity index is 1.78. The van der Waals surface area contributed by atoms with Crippen LogP contribution in [0.5, 0.6) is 0 Å². The van der Waals surface area contributed by atoms with Crippen LogP contribution in [-0.4, -0.2) is 36.3 Å². The van der Waals surface area contributed by atoms with E-state index in [-0.39, 0.29) is 17.7 Å². The highest BCUT2D eigenvalue weighted by Gasteiger charge is 2.31. The fourth-order valence-corrected chi connectivity index (χ4v) is 3.16. The standard InChI is InChI=1S/C19H22N2O3/c1-2-20-18(22)15-9-6-11-21(13-15)19(23)17-16(10-12-24-17)14-7-4-3-5-8-14/h3-5,7-8,10,12,15H,2,6,9,11,13H2,1H3,(H,20,22). The summed E-state index contributed by atoms with van der Waals surface area (Å²) in [6.07, 6.45) is 3.19. The van der Waals surface area contributed by atoms with Crippen LogP contribution in [-0.2, 0) is 4.79 Å². The van der Waals surface area contributed by atoms with Crippen LogP contribution >= 0.6 is 0 Å². The number of hydrogen-bond donors (Lipinski definition) is 1. The number of nitrogens with zero attached hydrogens (tertiary/aromatic N) is 1. The van der Waals surface area contributed by atoms with Crippen molar-refractivity contribution < 1.29 is 14.0 Å².